The molecule has 0 aliphatic heterocycles. The Morgan fingerprint density at radius 1 is 0.508 bits per heavy atom. The first-order valence-electron chi connectivity index (χ1n) is 25.0. The predicted molar refractivity (Wildman–Crippen MR) is 264 cm³/mol. The number of carbonyl (C=O) groups is 2. The molecule has 0 aromatic heterocycles. The smallest absolute Gasteiger partial charge is 0.306 e. The second-order valence-electron chi connectivity index (χ2n) is 16.6. The van der Waals surface area contributed by atoms with Crippen molar-refractivity contribution in [3.05, 3.63) is 97.2 Å². The largest absolute Gasteiger partial charge is 0.462 e. The fraction of sp³-hybridized carbons (Fsp3) is 0.673. The first-order chi connectivity index (χ1) is 30.0. The van der Waals surface area contributed by atoms with Crippen LogP contribution in [0.5, 0.6) is 0 Å². The highest BCUT2D eigenvalue weighted by molar-refractivity contribution is 5.77. The van der Waals surface area contributed by atoms with Crippen molar-refractivity contribution in [3.63, 3.8) is 0 Å². The highest BCUT2D eigenvalue weighted by Crippen LogP contribution is 2.16. The summed E-state index contributed by atoms with van der Waals surface area (Å²) in [5.41, 5.74) is 0. The molecule has 3 N–H and O–H groups in total. The van der Waals surface area contributed by atoms with E-state index in [0.717, 1.165) is 77.0 Å². The van der Waals surface area contributed by atoms with E-state index in [4.69, 9.17) is 4.74 Å². The van der Waals surface area contributed by atoms with Gasteiger partial charge in [-0.3, -0.25) is 9.59 Å². The molecule has 1 amide bonds. The van der Waals surface area contributed by atoms with Crippen molar-refractivity contribution in [2.45, 2.75) is 232 Å². The van der Waals surface area contributed by atoms with Crippen LogP contribution in [-0.4, -0.2) is 46.9 Å². The lowest BCUT2D eigenvalue weighted by Crippen LogP contribution is -2.46. The maximum absolute atomic E-state index is 13.2. The van der Waals surface area contributed by atoms with E-state index < -0.39 is 18.2 Å². The fourth-order valence-electron chi connectivity index (χ4n) is 6.96. The summed E-state index contributed by atoms with van der Waals surface area (Å²) in [7, 11) is 0. The van der Waals surface area contributed by atoms with Gasteiger partial charge in [-0.1, -0.05) is 214 Å². The van der Waals surface area contributed by atoms with E-state index in [1.165, 1.54) is 83.5 Å². The Bertz CT molecular complexity index is 1220. The standard InChI is InChI=1S/C55H93NO5/c1-4-7-10-13-16-19-22-25-26-27-28-30-33-36-39-42-45-48-55(60)61-51(46-43-40-37-34-31-29-23-20-17-14-11-8-5-2)49-54(59)56-52(50-57)53(58)47-44-41-38-35-32-24-21-18-15-12-9-6-3/h8,11,14,16-17,19-20,23,25-26,28-31,36,39,51-53,57-58H,4-7,9-10,12-13,15,18,21-22,24,27,32-35,37-38,40-50H2,1-3H3,(H,56,59)/b11-8+,17-14+,19-16-,23-20+,26-25-,30-28-,31-29-,39-36-. The van der Waals surface area contributed by atoms with Crippen LogP contribution in [0.25, 0.3) is 0 Å². The zero-order valence-electron chi connectivity index (χ0n) is 39.5. The molecule has 348 valence electrons. The summed E-state index contributed by atoms with van der Waals surface area (Å²) in [5, 5.41) is 23.7. The Hall–Kier alpha value is -3.22. The monoisotopic (exact) mass is 848 g/mol. The first kappa shape index (κ1) is 57.8. The molecule has 0 saturated carbocycles. The molecule has 0 fully saturated rings. The molecule has 61 heavy (non-hydrogen) atoms. The summed E-state index contributed by atoms with van der Waals surface area (Å²) in [6.45, 7) is 6.27. The molecule has 0 spiro atoms. The van der Waals surface area contributed by atoms with Gasteiger partial charge in [0.05, 0.1) is 25.2 Å². The van der Waals surface area contributed by atoms with Gasteiger partial charge in [0.25, 0.3) is 0 Å². The minimum Gasteiger partial charge on any atom is -0.462 e. The van der Waals surface area contributed by atoms with Crippen LogP contribution in [0.4, 0.5) is 0 Å². The molecule has 6 heteroatoms. The van der Waals surface area contributed by atoms with E-state index >= 15 is 0 Å². The Labute approximate surface area is 376 Å². The SMILES string of the molecule is CC/C=C/C=C/C=C/C=C\CCCCCC(CC(=O)NC(CO)C(O)CCCCCCCCCCCCCC)OC(=O)CCC/C=C\C/C=C\C/C=C\C/C=C\CCCCC. The lowest BCUT2D eigenvalue weighted by Gasteiger charge is -2.24. The van der Waals surface area contributed by atoms with Gasteiger partial charge in [-0.2, -0.15) is 0 Å². The van der Waals surface area contributed by atoms with E-state index in [2.05, 4.69) is 92.9 Å². The molecular formula is C55H93NO5. The number of aliphatic hydroxyl groups excluding tert-OH is 2. The number of nitrogens with one attached hydrogen (secondary N) is 1. The third-order valence-corrected chi connectivity index (χ3v) is 10.7. The summed E-state index contributed by atoms with van der Waals surface area (Å²) in [6.07, 6.45) is 63.2. The van der Waals surface area contributed by atoms with Crippen LogP contribution >= 0.6 is 0 Å². The van der Waals surface area contributed by atoms with Crippen LogP contribution in [0.1, 0.15) is 213 Å². The van der Waals surface area contributed by atoms with Crippen molar-refractivity contribution in [2.75, 3.05) is 6.61 Å². The van der Waals surface area contributed by atoms with Gasteiger partial charge in [-0.15, -0.1) is 0 Å². The van der Waals surface area contributed by atoms with E-state index in [0.29, 0.717) is 25.7 Å². The minimum atomic E-state index is -0.812. The summed E-state index contributed by atoms with van der Waals surface area (Å²) in [5.74, 6) is -0.589. The number of esters is 1. The number of unbranched alkanes of at least 4 members (excludes halogenated alkanes) is 18. The van der Waals surface area contributed by atoms with Crippen molar-refractivity contribution in [3.8, 4) is 0 Å². The molecular weight excluding hydrogens is 755 g/mol. The number of allylic oxidation sites excluding steroid dienone is 16. The maximum atomic E-state index is 13.2. The third-order valence-electron chi connectivity index (χ3n) is 10.7. The molecule has 6 nitrogen and oxygen atoms in total. The number of aliphatic hydroxyl groups is 2. The Balaban J connectivity index is 4.75. The summed E-state index contributed by atoms with van der Waals surface area (Å²) >= 11 is 0. The molecule has 0 saturated heterocycles. The van der Waals surface area contributed by atoms with Gasteiger partial charge in [0.1, 0.15) is 6.10 Å². The maximum Gasteiger partial charge on any atom is 0.306 e. The van der Waals surface area contributed by atoms with Crippen molar-refractivity contribution in [1.82, 2.24) is 5.32 Å². The second kappa shape index (κ2) is 47.8. The summed E-state index contributed by atoms with van der Waals surface area (Å²) < 4.78 is 5.88. The number of amides is 1. The van der Waals surface area contributed by atoms with Crippen molar-refractivity contribution in [2.24, 2.45) is 0 Å². The Morgan fingerprint density at radius 2 is 0.951 bits per heavy atom. The Morgan fingerprint density at radius 3 is 1.52 bits per heavy atom. The van der Waals surface area contributed by atoms with E-state index in [-0.39, 0.29) is 24.9 Å². The van der Waals surface area contributed by atoms with Crippen molar-refractivity contribution >= 4 is 11.9 Å². The van der Waals surface area contributed by atoms with E-state index in [1.54, 1.807) is 0 Å². The van der Waals surface area contributed by atoms with Crippen LogP contribution in [-0.2, 0) is 14.3 Å². The molecule has 0 aromatic rings. The summed E-state index contributed by atoms with van der Waals surface area (Å²) in [4.78, 5) is 26.1. The molecule has 3 unspecified atom stereocenters. The van der Waals surface area contributed by atoms with Crippen molar-refractivity contribution in [1.29, 1.82) is 0 Å². The van der Waals surface area contributed by atoms with Gasteiger partial charge in [0.15, 0.2) is 0 Å². The lowest BCUT2D eigenvalue weighted by atomic mass is 10.0. The van der Waals surface area contributed by atoms with Crippen LogP contribution < -0.4 is 5.32 Å². The number of rotatable bonds is 43. The molecule has 0 radical (unpaired) electrons. The number of hydrogen-bond acceptors (Lipinski definition) is 5. The number of ether oxygens (including phenoxy) is 1. The lowest BCUT2D eigenvalue weighted by molar-refractivity contribution is -0.151. The van der Waals surface area contributed by atoms with Gasteiger partial charge in [-0.05, 0) is 83.5 Å². The van der Waals surface area contributed by atoms with Gasteiger partial charge >= 0.3 is 5.97 Å². The molecule has 3 atom stereocenters. The van der Waals surface area contributed by atoms with Gasteiger partial charge in [0, 0.05) is 6.42 Å². The molecule has 0 rings (SSSR count). The number of hydrogen-bond donors (Lipinski definition) is 3. The van der Waals surface area contributed by atoms with Crippen LogP contribution in [0.15, 0.2) is 97.2 Å². The fourth-order valence-corrected chi connectivity index (χ4v) is 6.96. The van der Waals surface area contributed by atoms with E-state index in [1.807, 2.05) is 30.4 Å². The molecule has 0 heterocycles. The van der Waals surface area contributed by atoms with Crippen molar-refractivity contribution < 1.29 is 24.5 Å². The predicted octanol–water partition coefficient (Wildman–Crippen LogP) is 14.9. The molecule has 0 aliphatic carbocycles. The molecule has 0 bridgehead atoms. The van der Waals surface area contributed by atoms with E-state index in [9.17, 15) is 19.8 Å². The van der Waals surface area contributed by atoms with Crippen LogP contribution in [0.3, 0.4) is 0 Å². The third kappa shape index (κ3) is 43.2. The average molecular weight is 848 g/mol. The highest BCUT2D eigenvalue weighted by Gasteiger charge is 2.24. The molecule has 0 aliphatic rings. The number of carbonyl (C=O) groups excluding carboxylic acids is 2. The molecule has 0 aromatic carbocycles. The zero-order chi connectivity index (χ0) is 44.5. The van der Waals surface area contributed by atoms with Gasteiger partial charge in [-0.25, -0.2) is 0 Å². The van der Waals surface area contributed by atoms with Gasteiger partial charge in [0.2, 0.25) is 5.91 Å². The highest BCUT2D eigenvalue weighted by atomic mass is 16.5. The van der Waals surface area contributed by atoms with Gasteiger partial charge < -0.3 is 20.3 Å². The normalized spacial score (nSPS) is 14.1. The quantitative estimate of drug-likeness (QED) is 0.0246. The summed E-state index contributed by atoms with van der Waals surface area (Å²) in [6, 6.07) is -0.730. The topological polar surface area (TPSA) is 95.9 Å². The zero-order valence-corrected chi connectivity index (χ0v) is 39.5. The van der Waals surface area contributed by atoms with Crippen LogP contribution in [0, 0.1) is 0 Å². The second-order valence-corrected chi connectivity index (χ2v) is 16.6. The first-order valence-corrected chi connectivity index (χ1v) is 25.0. The Kier molecular flexibility index (Phi) is 45.3. The average Bonchev–Trinajstić information content (AvgIpc) is 3.25. The van der Waals surface area contributed by atoms with Crippen LogP contribution in [0.2, 0.25) is 0 Å². The minimum absolute atomic E-state index is 0.0242.